The van der Waals surface area contributed by atoms with Crippen LogP contribution < -0.4 is 10.6 Å². The predicted octanol–water partition coefficient (Wildman–Crippen LogP) is 1.37. The molecule has 2 fully saturated rings. The predicted molar refractivity (Wildman–Crippen MR) is 97.3 cm³/mol. The highest BCUT2D eigenvalue weighted by Crippen LogP contribution is 2.27. The largest absolute Gasteiger partial charge is 0.352 e. The molecule has 1 aromatic rings. The second kappa shape index (κ2) is 8.62. The third-order valence-electron chi connectivity index (χ3n) is 4.31. The van der Waals surface area contributed by atoms with Gasteiger partial charge in [-0.2, -0.15) is 4.31 Å². The van der Waals surface area contributed by atoms with Gasteiger partial charge in [-0.3, -0.25) is 4.79 Å². The fraction of sp³-hybridized carbons (Fsp3) is 0.667. The Morgan fingerprint density at radius 3 is 2.71 bits per heavy atom. The second-order valence-corrected chi connectivity index (χ2v) is 9.45. The lowest BCUT2D eigenvalue weighted by molar-refractivity contribution is -0.120. The van der Waals surface area contributed by atoms with Gasteiger partial charge in [0.25, 0.3) is 10.0 Å². The number of hydrogen-bond acceptors (Lipinski definition) is 5. The van der Waals surface area contributed by atoms with Gasteiger partial charge in [-0.25, -0.2) is 8.42 Å². The Morgan fingerprint density at radius 1 is 1.29 bits per heavy atom. The molecule has 24 heavy (non-hydrogen) atoms. The third kappa shape index (κ3) is 4.70. The summed E-state index contributed by atoms with van der Waals surface area (Å²) in [7, 11) is -3.39. The molecule has 3 rings (SSSR count). The first-order chi connectivity index (χ1) is 11.1. The number of carbonyl (C=O) groups excluding carboxylic acids is 1. The van der Waals surface area contributed by atoms with Gasteiger partial charge in [0.15, 0.2) is 0 Å². The average Bonchev–Trinajstić information content (AvgIpc) is 3.20. The maximum Gasteiger partial charge on any atom is 0.252 e. The van der Waals surface area contributed by atoms with Crippen molar-refractivity contribution < 1.29 is 13.2 Å². The Balaban J connectivity index is 0.00000208. The molecule has 0 aromatic carbocycles. The van der Waals surface area contributed by atoms with E-state index in [2.05, 4.69) is 10.6 Å². The van der Waals surface area contributed by atoms with E-state index in [0.29, 0.717) is 17.3 Å². The number of amides is 1. The van der Waals surface area contributed by atoms with E-state index in [1.807, 2.05) is 0 Å². The Kier molecular flexibility index (Phi) is 7.06. The zero-order valence-electron chi connectivity index (χ0n) is 13.5. The monoisotopic (exact) mass is 393 g/mol. The molecule has 3 heterocycles. The van der Waals surface area contributed by atoms with Gasteiger partial charge >= 0.3 is 0 Å². The molecule has 1 atom stereocenters. The van der Waals surface area contributed by atoms with Crippen molar-refractivity contribution >= 4 is 39.7 Å². The van der Waals surface area contributed by atoms with Crippen LogP contribution in [-0.2, 0) is 21.2 Å². The molecule has 9 heteroatoms. The zero-order valence-corrected chi connectivity index (χ0v) is 15.9. The van der Waals surface area contributed by atoms with E-state index < -0.39 is 10.0 Å². The van der Waals surface area contributed by atoms with Crippen LogP contribution in [-0.4, -0.2) is 50.9 Å². The fourth-order valence-corrected chi connectivity index (χ4v) is 6.06. The first kappa shape index (κ1) is 19.7. The maximum absolute atomic E-state index is 12.6. The topological polar surface area (TPSA) is 78.5 Å². The number of thiophene rings is 1. The number of hydrogen-bond donors (Lipinski definition) is 2. The number of nitrogens with zero attached hydrogens (tertiary/aromatic N) is 1. The van der Waals surface area contributed by atoms with Gasteiger partial charge in [0.2, 0.25) is 5.91 Å². The van der Waals surface area contributed by atoms with E-state index >= 15 is 0 Å². The van der Waals surface area contributed by atoms with E-state index in [4.69, 9.17) is 0 Å². The first-order valence-electron chi connectivity index (χ1n) is 8.14. The molecule has 0 bridgehead atoms. The van der Waals surface area contributed by atoms with Gasteiger partial charge in [-0.1, -0.05) is 6.42 Å². The minimum atomic E-state index is -3.39. The molecule has 2 saturated heterocycles. The molecule has 136 valence electrons. The molecule has 6 nitrogen and oxygen atoms in total. The van der Waals surface area contributed by atoms with Crippen LogP contribution in [0.25, 0.3) is 0 Å². The highest BCUT2D eigenvalue weighted by Gasteiger charge is 2.27. The van der Waals surface area contributed by atoms with Crippen molar-refractivity contribution in [2.75, 3.05) is 26.2 Å². The fourth-order valence-electron chi connectivity index (χ4n) is 3.04. The number of piperidine rings is 1. The van der Waals surface area contributed by atoms with Crippen molar-refractivity contribution in [3.63, 3.8) is 0 Å². The van der Waals surface area contributed by atoms with Gasteiger partial charge in [-0.15, -0.1) is 23.7 Å². The zero-order chi connectivity index (χ0) is 16.3. The molecule has 0 saturated carbocycles. The summed E-state index contributed by atoms with van der Waals surface area (Å²) < 4.78 is 27.1. The van der Waals surface area contributed by atoms with Crippen molar-refractivity contribution in [3.05, 3.63) is 17.0 Å². The van der Waals surface area contributed by atoms with E-state index in [1.165, 1.54) is 11.3 Å². The van der Waals surface area contributed by atoms with Gasteiger partial charge < -0.3 is 10.6 Å². The smallest absolute Gasteiger partial charge is 0.252 e. The summed E-state index contributed by atoms with van der Waals surface area (Å²) >= 11 is 1.21. The van der Waals surface area contributed by atoms with Crippen LogP contribution in [0.3, 0.4) is 0 Å². The second-order valence-electron chi connectivity index (χ2n) is 6.12. The molecular formula is C15H24ClN3O3S2. The van der Waals surface area contributed by atoms with Crippen molar-refractivity contribution in [1.29, 1.82) is 0 Å². The van der Waals surface area contributed by atoms with Crippen molar-refractivity contribution in [2.45, 2.75) is 42.4 Å². The third-order valence-corrected chi connectivity index (χ3v) is 7.76. The van der Waals surface area contributed by atoms with Crippen molar-refractivity contribution in [1.82, 2.24) is 14.9 Å². The molecule has 1 aromatic heterocycles. The number of carbonyl (C=O) groups is 1. The number of nitrogens with one attached hydrogen (secondary N) is 2. The van der Waals surface area contributed by atoms with Crippen LogP contribution in [0.1, 0.15) is 30.6 Å². The first-order valence-corrected chi connectivity index (χ1v) is 10.4. The van der Waals surface area contributed by atoms with E-state index in [1.54, 1.807) is 16.4 Å². The van der Waals surface area contributed by atoms with Crippen LogP contribution in [0, 0.1) is 0 Å². The molecule has 0 radical (unpaired) electrons. The number of halogens is 1. The van der Waals surface area contributed by atoms with Gasteiger partial charge in [0, 0.05) is 30.6 Å². The summed E-state index contributed by atoms with van der Waals surface area (Å²) in [6.45, 7) is 2.95. The summed E-state index contributed by atoms with van der Waals surface area (Å²) in [6.07, 6.45) is 4.14. The Morgan fingerprint density at radius 2 is 2.04 bits per heavy atom. The Bertz CT molecular complexity index is 651. The van der Waals surface area contributed by atoms with Gasteiger partial charge in [0.1, 0.15) is 4.21 Å². The summed E-state index contributed by atoms with van der Waals surface area (Å²) in [5.41, 5.74) is 0. The summed E-state index contributed by atoms with van der Waals surface area (Å²) in [5, 5.41) is 6.19. The minimum absolute atomic E-state index is 0. The molecular weight excluding hydrogens is 370 g/mol. The molecule has 0 aliphatic carbocycles. The lowest BCUT2D eigenvalue weighted by atomic mass is 10.2. The van der Waals surface area contributed by atoms with Gasteiger partial charge in [-0.05, 0) is 37.9 Å². The molecule has 2 aliphatic heterocycles. The average molecular weight is 394 g/mol. The molecule has 1 unspecified atom stereocenters. The summed E-state index contributed by atoms with van der Waals surface area (Å²) in [5.74, 6) is -0.0394. The SMILES string of the molecule is Cl.O=C(Cc1ccc(S(=O)(=O)N2CCCCC2)s1)NC1CCNC1. The number of sulfonamides is 1. The van der Waals surface area contributed by atoms with E-state index in [-0.39, 0.29) is 30.8 Å². The Hall–Kier alpha value is -0.670. The highest BCUT2D eigenvalue weighted by molar-refractivity contribution is 7.91. The van der Waals surface area contributed by atoms with Crippen LogP contribution >= 0.6 is 23.7 Å². The van der Waals surface area contributed by atoms with E-state index in [9.17, 15) is 13.2 Å². The molecule has 2 aliphatic rings. The highest BCUT2D eigenvalue weighted by atomic mass is 35.5. The lowest BCUT2D eigenvalue weighted by Gasteiger charge is -2.25. The number of rotatable bonds is 5. The summed E-state index contributed by atoms with van der Waals surface area (Å²) in [4.78, 5) is 12.8. The van der Waals surface area contributed by atoms with Crippen molar-refractivity contribution in [2.24, 2.45) is 0 Å². The van der Waals surface area contributed by atoms with Crippen LogP contribution in [0.5, 0.6) is 0 Å². The maximum atomic E-state index is 12.6. The van der Waals surface area contributed by atoms with E-state index in [0.717, 1.165) is 43.6 Å². The molecule has 2 N–H and O–H groups in total. The van der Waals surface area contributed by atoms with Crippen LogP contribution in [0.15, 0.2) is 16.3 Å². The van der Waals surface area contributed by atoms with Crippen LogP contribution in [0.4, 0.5) is 0 Å². The quantitative estimate of drug-likeness (QED) is 0.791. The molecule has 0 spiro atoms. The standard InChI is InChI=1S/C15H23N3O3S2.ClH/c19-14(17-12-6-7-16-11-12)10-13-4-5-15(22-13)23(20,21)18-8-2-1-3-9-18;/h4-5,12,16H,1-3,6-11H2,(H,17,19);1H. The Labute approximate surface area is 153 Å². The van der Waals surface area contributed by atoms with Crippen molar-refractivity contribution in [3.8, 4) is 0 Å². The summed E-state index contributed by atoms with van der Waals surface area (Å²) in [6, 6.07) is 3.58. The lowest BCUT2D eigenvalue weighted by Crippen LogP contribution is -2.37. The molecule has 1 amide bonds. The van der Waals surface area contributed by atoms with Crippen LogP contribution in [0.2, 0.25) is 0 Å². The normalized spacial score (nSPS) is 22.1. The minimum Gasteiger partial charge on any atom is -0.352 e. The van der Waals surface area contributed by atoms with Gasteiger partial charge in [0.05, 0.1) is 6.42 Å².